The van der Waals surface area contributed by atoms with Crippen molar-refractivity contribution in [3.63, 3.8) is 0 Å². The van der Waals surface area contributed by atoms with Crippen LogP contribution in [-0.4, -0.2) is 17.5 Å². The van der Waals surface area contributed by atoms with Gasteiger partial charge in [0.1, 0.15) is 11.5 Å². The predicted octanol–water partition coefficient (Wildman–Crippen LogP) is 5.75. The van der Waals surface area contributed by atoms with E-state index in [1.807, 2.05) is 69.3 Å². The molecule has 0 atom stereocenters. The van der Waals surface area contributed by atoms with E-state index in [2.05, 4.69) is 0 Å². The maximum atomic E-state index is 13.5. The van der Waals surface area contributed by atoms with Crippen LogP contribution in [0.25, 0.3) is 10.2 Å². The van der Waals surface area contributed by atoms with Gasteiger partial charge >= 0.3 is 0 Å². The van der Waals surface area contributed by atoms with Crippen molar-refractivity contribution in [1.29, 1.82) is 0 Å². The summed E-state index contributed by atoms with van der Waals surface area (Å²) in [5.41, 5.74) is 3.49. The van der Waals surface area contributed by atoms with Gasteiger partial charge in [0.2, 0.25) is 0 Å². The fraction of sp³-hybridized carbons (Fsp3) is 0.217. The summed E-state index contributed by atoms with van der Waals surface area (Å²) >= 11 is 1.47. The first-order chi connectivity index (χ1) is 14.0. The summed E-state index contributed by atoms with van der Waals surface area (Å²) in [5, 5.41) is 0.635. The van der Waals surface area contributed by atoms with Gasteiger partial charge in [0.25, 0.3) is 5.91 Å². The van der Waals surface area contributed by atoms with Crippen LogP contribution < -0.4 is 9.64 Å². The number of aromatic nitrogens is 1. The zero-order valence-electron chi connectivity index (χ0n) is 16.6. The number of ether oxygens (including phenoxy) is 1. The molecule has 0 saturated heterocycles. The third kappa shape index (κ3) is 4.03. The molecule has 2 aromatic heterocycles. The molecule has 6 heteroatoms. The molecule has 0 unspecified atom stereocenters. The van der Waals surface area contributed by atoms with Gasteiger partial charge in [-0.1, -0.05) is 29.0 Å². The van der Waals surface area contributed by atoms with Crippen molar-refractivity contribution in [2.75, 3.05) is 11.5 Å². The van der Waals surface area contributed by atoms with Gasteiger partial charge < -0.3 is 9.15 Å². The van der Waals surface area contributed by atoms with Crippen LogP contribution in [0.15, 0.2) is 59.2 Å². The SMILES string of the molecule is CCOc1ccc2nc(N(Cc3ccco3)C(=O)c3cc(C)ccc3C)sc2c1. The molecule has 2 heterocycles. The predicted molar refractivity (Wildman–Crippen MR) is 116 cm³/mol. The Morgan fingerprint density at radius 1 is 1.17 bits per heavy atom. The summed E-state index contributed by atoms with van der Waals surface area (Å²) in [6.45, 7) is 6.81. The molecule has 0 saturated carbocycles. The lowest BCUT2D eigenvalue weighted by atomic mass is 10.0. The lowest BCUT2D eigenvalue weighted by molar-refractivity contribution is 0.0982. The number of hydrogen-bond acceptors (Lipinski definition) is 5. The zero-order valence-corrected chi connectivity index (χ0v) is 17.5. The molecule has 0 aliphatic carbocycles. The molecule has 4 aromatic rings. The average Bonchev–Trinajstić information content (AvgIpc) is 3.36. The van der Waals surface area contributed by atoms with Crippen molar-refractivity contribution in [2.45, 2.75) is 27.3 Å². The van der Waals surface area contributed by atoms with E-state index in [0.29, 0.717) is 29.6 Å². The van der Waals surface area contributed by atoms with Crippen LogP contribution in [-0.2, 0) is 6.54 Å². The van der Waals surface area contributed by atoms with E-state index < -0.39 is 0 Å². The number of hydrogen-bond donors (Lipinski definition) is 0. The smallest absolute Gasteiger partial charge is 0.260 e. The van der Waals surface area contributed by atoms with Crippen LogP contribution >= 0.6 is 11.3 Å². The molecule has 148 valence electrons. The molecule has 4 rings (SSSR count). The second-order valence-electron chi connectivity index (χ2n) is 6.85. The largest absolute Gasteiger partial charge is 0.494 e. The first kappa shape index (κ1) is 19.2. The molecule has 0 aliphatic heterocycles. The van der Waals surface area contributed by atoms with Gasteiger partial charge in [0.15, 0.2) is 5.13 Å². The first-order valence-electron chi connectivity index (χ1n) is 9.50. The van der Waals surface area contributed by atoms with Crippen molar-refractivity contribution in [3.8, 4) is 5.75 Å². The van der Waals surface area contributed by atoms with Crippen LogP contribution in [0, 0.1) is 13.8 Å². The monoisotopic (exact) mass is 406 g/mol. The number of amides is 1. The van der Waals surface area contributed by atoms with Gasteiger partial charge in [-0.25, -0.2) is 4.98 Å². The molecule has 0 bridgehead atoms. The molecular formula is C23H22N2O3S. The highest BCUT2D eigenvalue weighted by Crippen LogP contribution is 2.33. The van der Waals surface area contributed by atoms with Crippen molar-refractivity contribution >= 4 is 32.6 Å². The van der Waals surface area contributed by atoms with Gasteiger partial charge in [-0.05, 0) is 62.7 Å². The van der Waals surface area contributed by atoms with Gasteiger partial charge in [-0.2, -0.15) is 0 Å². The number of carbonyl (C=O) groups is 1. The highest BCUT2D eigenvalue weighted by atomic mass is 32.1. The standard InChI is InChI=1S/C23H22N2O3S/c1-4-27-17-9-10-20-21(13-17)29-23(24-20)25(14-18-6-5-11-28-18)22(26)19-12-15(2)7-8-16(19)3/h5-13H,4,14H2,1-3H3. The molecule has 0 fully saturated rings. The normalized spacial score (nSPS) is 11.0. The third-order valence-corrected chi connectivity index (χ3v) is 5.69. The number of thiazole rings is 1. The summed E-state index contributed by atoms with van der Waals surface area (Å²) in [5.74, 6) is 1.42. The minimum absolute atomic E-state index is 0.0910. The Bertz CT molecular complexity index is 1150. The number of anilines is 1. The van der Waals surface area contributed by atoms with Crippen LogP contribution in [0.5, 0.6) is 5.75 Å². The Labute approximate surface area is 173 Å². The lowest BCUT2D eigenvalue weighted by Crippen LogP contribution is -2.30. The molecule has 29 heavy (non-hydrogen) atoms. The fourth-order valence-corrected chi connectivity index (χ4v) is 4.15. The maximum absolute atomic E-state index is 13.5. The minimum atomic E-state index is -0.0910. The summed E-state index contributed by atoms with van der Waals surface area (Å²) in [7, 11) is 0. The van der Waals surface area contributed by atoms with Crippen molar-refractivity contribution in [3.05, 3.63) is 77.2 Å². The van der Waals surface area contributed by atoms with Crippen molar-refractivity contribution < 1.29 is 13.9 Å². The number of benzene rings is 2. The van der Waals surface area contributed by atoms with Crippen molar-refractivity contribution in [1.82, 2.24) is 4.98 Å². The summed E-state index contributed by atoms with van der Waals surface area (Å²) in [4.78, 5) is 19.9. The molecule has 5 nitrogen and oxygen atoms in total. The van der Waals surface area contributed by atoms with E-state index in [1.54, 1.807) is 11.2 Å². The second kappa shape index (κ2) is 8.09. The zero-order chi connectivity index (χ0) is 20.4. The van der Waals surface area contributed by atoms with E-state index in [-0.39, 0.29) is 5.91 Å². The van der Waals surface area contributed by atoms with E-state index in [0.717, 1.165) is 27.1 Å². The first-order valence-corrected chi connectivity index (χ1v) is 10.3. The van der Waals surface area contributed by atoms with Crippen LogP contribution in [0.2, 0.25) is 0 Å². The number of rotatable bonds is 6. The van der Waals surface area contributed by atoms with Crippen molar-refractivity contribution in [2.24, 2.45) is 0 Å². The summed E-state index contributed by atoms with van der Waals surface area (Å²) in [6, 6.07) is 15.4. The van der Waals surface area contributed by atoms with E-state index in [9.17, 15) is 4.79 Å². The van der Waals surface area contributed by atoms with Crippen LogP contribution in [0.1, 0.15) is 34.2 Å². The molecular weight excluding hydrogens is 384 g/mol. The van der Waals surface area contributed by atoms with E-state index >= 15 is 0 Å². The fourth-order valence-electron chi connectivity index (χ4n) is 3.16. The third-order valence-electron chi connectivity index (χ3n) is 4.65. The molecule has 0 radical (unpaired) electrons. The van der Waals surface area contributed by atoms with E-state index in [1.165, 1.54) is 11.3 Å². The number of aryl methyl sites for hydroxylation is 2. The topological polar surface area (TPSA) is 55.6 Å². The van der Waals surface area contributed by atoms with Gasteiger partial charge in [0.05, 0.1) is 29.6 Å². The Hall–Kier alpha value is -3.12. The highest BCUT2D eigenvalue weighted by Gasteiger charge is 2.24. The Morgan fingerprint density at radius 3 is 2.79 bits per heavy atom. The summed E-state index contributed by atoms with van der Waals surface area (Å²) in [6.07, 6.45) is 1.61. The van der Waals surface area contributed by atoms with Gasteiger partial charge in [-0.15, -0.1) is 0 Å². The molecule has 2 aromatic carbocycles. The highest BCUT2D eigenvalue weighted by molar-refractivity contribution is 7.22. The Morgan fingerprint density at radius 2 is 2.03 bits per heavy atom. The number of furan rings is 1. The maximum Gasteiger partial charge on any atom is 0.260 e. The average molecular weight is 407 g/mol. The minimum Gasteiger partial charge on any atom is -0.494 e. The quantitative estimate of drug-likeness (QED) is 0.409. The molecule has 1 amide bonds. The second-order valence-corrected chi connectivity index (χ2v) is 7.86. The van der Waals surface area contributed by atoms with Crippen LogP contribution in [0.3, 0.4) is 0 Å². The van der Waals surface area contributed by atoms with Gasteiger partial charge in [-0.3, -0.25) is 9.69 Å². The lowest BCUT2D eigenvalue weighted by Gasteiger charge is -2.20. The summed E-state index contributed by atoms with van der Waals surface area (Å²) < 4.78 is 12.1. The Balaban J connectivity index is 1.77. The Kier molecular flexibility index (Phi) is 5.36. The number of fused-ring (bicyclic) bond motifs is 1. The van der Waals surface area contributed by atoms with E-state index in [4.69, 9.17) is 14.1 Å². The van der Waals surface area contributed by atoms with Gasteiger partial charge in [0, 0.05) is 5.56 Å². The number of nitrogens with zero attached hydrogens (tertiary/aromatic N) is 2. The molecule has 0 aliphatic rings. The molecule has 0 N–H and O–H groups in total. The molecule has 0 spiro atoms. The van der Waals surface area contributed by atoms with Crippen LogP contribution in [0.4, 0.5) is 5.13 Å². The number of carbonyl (C=O) groups excluding carboxylic acids is 1.